The number of rotatable bonds is 3. The van der Waals surface area contributed by atoms with E-state index in [1.54, 1.807) is 41.5 Å². The molecule has 4 heteroatoms. The summed E-state index contributed by atoms with van der Waals surface area (Å²) in [6, 6.07) is 0. The van der Waals surface area contributed by atoms with Crippen LogP contribution in [0, 0.1) is 0 Å². The van der Waals surface area contributed by atoms with E-state index in [0.717, 1.165) is 0 Å². The molecule has 0 bridgehead atoms. The zero-order valence-corrected chi connectivity index (χ0v) is 10.7. The van der Waals surface area contributed by atoms with Gasteiger partial charge in [-0.2, -0.15) is 0 Å². The molecular weight excluding hydrogens is 208 g/mol. The van der Waals surface area contributed by atoms with Gasteiger partial charge in [0, 0.05) is 0 Å². The van der Waals surface area contributed by atoms with Crippen LogP contribution >= 0.6 is 7.26 Å². The Morgan fingerprint density at radius 3 is 0.929 bits per heavy atom. The molecule has 0 N–H and O–H groups in total. The Balaban J connectivity index is 5.40. The molecule has 0 aromatic rings. The standard InChI is InChI=1S/C10H21F3P/c1-7(2)14(8(3)4,9(5)6)10(11,12)13/h7-9H,1-6H3/q+1. The SMILES string of the molecule is CC(C)[P+](C(C)C)(C(C)C)C(F)(F)F. The van der Waals surface area contributed by atoms with Crippen LogP contribution in [0.15, 0.2) is 0 Å². The summed E-state index contributed by atoms with van der Waals surface area (Å²) in [6.07, 6.45) is 0. The Morgan fingerprint density at radius 2 is 0.929 bits per heavy atom. The largest absolute Gasteiger partial charge is 0.509 e. The first-order valence-corrected chi connectivity index (χ1v) is 7.03. The normalized spacial score (nSPS) is 14.6. The molecule has 0 amide bonds. The van der Waals surface area contributed by atoms with Crippen molar-refractivity contribution in [2.45, 2.75) is 64.4 Å². The molecule has 0 aromatic carbocycles. The van der Waals surface area contributed by atoms with Crippen LogP contribution in [0.5, 0.6) is 0 Å². The summed E-state index contributed by atoms with van der Waals surface area (Å²) in [5.41, 5.74) is -0.826. The van der Waals surface area contributed by atoms with Gasteiger partial charge in [-0.25, -0.2) is 0 Å². The van der Waals surface area contributed by atoms with E-state index in [-0.39, 0.29) is 17.0 Å². The third-order valence-electron chi connectivity index (χ3n) is 3.00. The molecule has 0 saturated heterocycles. The average molecular weight is 229 g/mol. The Labute approximate surface area is 85.6 Å². The fraction of sp³-hybridized carbons (Fsp3) is 1.00. The fourth-order valence-corrected chi connectivity index (χ4v) is 8.00. The van der Waals surface area contributed by atoms with Gasteiger partial charge in [0.2, 0.25) is 0 Å². The summed E-state index contributed by atoms with van der Waals surface area (Å²) in [6.45, 7) is 10.3. The maximum atomic E-state index is 13.2. The lowest BCUT2D eigenvalue weighted by Gasteiger charge is -2.38. The van der Waals surface area contributed by atoms with Crippen molar-refractivity contribution in [3.8, 4) is 0 Å². The predicted molar refractivity (Wildman–Crippen MR) is 58.4 cm³/mol. The van der Waals surface area contributed by atoms with Crippen LogP contribution in [0.2, 0.25) is 0 Å². The average Bonchev–Trinajstić information content (AvgIpc) is 1.79. The van der Waals surface area contributed by atoms with Crippen molar-refractivity contribution < 1.29 is 13.2 Å². The first-order chi connectivity index (χ1) is 6.08. The highest BCUT2D eigenvalue weighted by molar-refractivity contribution is 7.78. The van der Waals surface area contributed by atoms with Crippen LogP contribution in [0.4, 0.5) is 13.2 Å². The van der Waals surface area contributed by atoms with Gasteiger partial charge in [0.05, 0.1) is 17.0 Å². The van der Waals surface area contributed by atoms with E-state index in [1.807, 2.05) is 0 Å². The van der Waals surface area contributed by atoms with E-state index in [1.165, 1.54) is 0 Å². The zero-order valence-electron chi connectivity index (χ0n) is 9.81. The van der Waals surface area contributed by atoms with Crippen LogP contribution in [-0.2, 0) is 0 Å². The summed E-state index contributed by atoms with van der Waals surface area (Å²) in [4.78, 5) is 0. The molecule has 0 spiro atoms. The molecule has 0 radical (unpaired) electrons. The Kier molecular flexibility index (Phi) is 4.45. The maximum Gasteiger partial charge on any atom is 0.509 e. The van der Waals surface area contributed by atoms with Gasteiger partial charge in [-0.1, -0.05) is 0 Å². The highest BCUT2D eigenvalue weighted by Crippen LogP contribution is 2.79. The molecule has 0 unspecified atom stereocenters. The summed E-state index contributed by atoms with van der Waals surface area (Å²) in [7, 11) is -2.90. The van der Waals surface area contributed by atoms with Gasteiger partial charge in [-0.05, 0) is 41.5 Å². The lowest BCUT2D eigenvalue weighted by atomic mass is 10.5. The van der Waals surface area contributed by atoms with Gasteiger partial charge in [0.1, 0.15) is 7.26 Å². The highest BCUT2D eigenvalue weighted by atomic mass is 31.2. The van der Waals surface area contributed by atoms with Gasteiger partial charge in [0.25, 0.3) is 0 Å². The Hall–Kier alpha value is 0.220. The molecule has 0 aliphatic heterocycles. The monoisotopic (exact) mass is 229 g/mol. The lowest BCUT2D eigenvalue weighted by Crippen LogP contribution is -2.34. The topological polar surface area (TPSA) is 0 Å². The van der Waals surface area contributed by atoms with Gasteiger partial charge < -0.3 is 0 Å². The molecule has 0 aromatic heterocycles. The Morgan fingerprint density at radius 1 is 0.714 bits per heavy atom. The van der Waals surface area contributed by atoms with Crippen molar-refractivity contribution in [1.29, 1.82) is 0 Å². The third-order valence-corrected chi connectivity index (χ3v) is 9.01. The van der Waals surface area contributed by atoms with E-state index in [4.69, 9.17) is 0 Å². The predicted octanol–water partition coefficient (Wildman–Crippen LogP) is 4.75. The van der Waals surface area contributed by atoms with Crippen LogP contribution in [0.1, 0.15) is 41.5 Å². The first-order valence-electron chi connectivity index (χ1n) is 5.03. The molecule has 0 nitrogen and oxygen atoms in total. The number of hydrogen-bond acceptors (Lipinski definition) is 0. The molecule has 0 fully saturated rings. The molecule has 0 aliphatic carbocycles. The smallest absolute Gasteiger partial charge is 0.135 e. The number of hydrogen-bond donors (Lipinski definition) is 0. The molecule has 0 heterocycles. The summed E-state index contributed by atoms with van der Waals surface area (Å²) in [5, 5.41) is 0. The van der Waals surface area contributed by atoms with Crippen molar-refractivity contribution in [2.24, 2.45) is 0 Å². The zero-order chi connectivity index (χ0) is 11.7. The maximum absolute atomic E-state index is 13.2. The molecule has 86 valence electrons. The molecule has 0 saturated carbocycles. The van der Waals surface area contributed by atoms with Crippen molar-refractivity contribution in [3.05, 3.63) is 0 Å². The van der Waals surface area contributed by atoms with E-state index in [0.29, 0.717) is 0 Å². The van der Waals surface area contributed by atoms with Gasteiger partial charge >= 0.3 is 5.92 Å². The minimum atomic E-state index is -4.01. The van der Waals surface area contributed by atoms with E-state index in [2.05, 4.69) is 0 Å². The summed E-state index contributed by atoms with van der Waals surface area (Å²) in [5.74, 6) is -4.01. The van der Waals surface area contributed by atoms with Crippen LogP contribution in [-0.4, -0.2) is 22.9 Å². The first kappa shape index (κ1) is 14.2. The second-order valence-electron chi connectivity index (χ2n) is 4.58. The summed E-state index contributed by atoms with van der Waals surface area (Å²) < 4.78 is 39.5. The molecule has 0 atom stereocenters. The lowest BCUT2D eigenvalue weighted by molar-refractivity contribution is -0.0461. The van der Waals surface area contributed by atoms with Gasteiger partial charge in [0.15, 0.2) is 0 Å². The van der Waals surface area contributed by atoms with Crippen molar-refractivity contribution in [1.82, 2.24) is 0 Å². The quantitative estimate of drug-likeness (QED) is 0.612. The second kappa shape index (κ2) is 4.38. The van der Waals surface area contributed by atoms with Crippen LogP contribution in [0.25, 0.3) is 0 Å². The van der Waals surface area contributed by atoms with Crippen molar-refractivity contribution in [3.63, 3.8) is 0 Å². The molecular formula is C10H21F3P+. The van der Waals surface area contributed by atoms with Crippen LogP contribution in [0.3, 0.4) is 0 Å². The molecule has 14 heavy (non-hydrogen) atoms. The highest BCUT2D eigenvalue weighted by Gasteiger charge is 2.68. The molecule has 0 aliphatic rings. The van der Waals surface area contributed by atoms with Crippen molar-refractivity contribution >= 4 is 7.26 Å². The van der Waals surface area contributed by atoms with E-state index < -0.39 is 13.2 Å². The van der Waals surface area contributed by atoms with Crippen LogP contribution < -0.4 is 0 Å². The fourth-order valence-electron chi connectivity index (χ4n) is 2.67. The van der Waals surface area contributed by atoms with Gasteiger partial charge in [-0.3, -0.25) is 0 Å². The van der Waals surface area contributed by atoms with Gasteiger partial charge in [-0.15, -0.1) is 13.2 Å². The minimum Gasteiger partial charge on any atom is -0.135 e. The van der Waals surface area contributed by atoms with E-state index >= 15 is 0 Å². The second-order valence-corrected chi connectivity index (χ2v) is 9.86. The Bertz CT molecular complexity index is 161. The number of alkyl halides is 3. The van der Waals surface area contributed by atoms with E-state index in [9.17, 15) is 13.2 Å². The third kappa shape index (κ3) is 2.08. The molecule has 0 rings (SSSR count). The van der Waals surface area contributed by atoms with Crippen molar-refractivity contribution in [2.75, 3.05) is 0 Å². The summed E-state index contributed by atoms with van der Waals surface area (Å²) >= 11 is 0. The minimum absolute atomic E-state index is 0.275. The number of halogens is 3.